The first kappa shape index (κ1) is 13.2. The lowest BCUT2D eigenvalue weighted by molar-refractivity contribution is 1.12. The second-order valence-corrected chi connectivity index (χ2v) is 5.38. The molecule has 0 unspecified atom stereocenters. The quantitative estimate of drug-likeness (QED) is 0.668. The molecule has 6 heteroatoms. The predicted octanol–water partition coefficient (Wildman–Crippen LogP) is 3.82. The van der Waals surface area contributed by atoms with Crippen LogP contribution in [0, 0.1) is 5.41 Å². The van der Waals surface area contributed by atoms with Gasteiger partial charge in [-0.1, -0.05) is 35.0 Å². The first-order chi connectivity index (χ1) is 8.56. The molecule has 1 aromatic heterocycles. The number of rotatable bonds is 3. The fraction of sp³-hybridized carbons (Fsp3) is 0. The molecule has 0 aliphatic heterocycles. The number of pyridine rings is 1. The Morgan fingerprint density at radius 2 is 2.00 bits per heavy atom. The van der Waals surface area contributed by atoms with E-state index in [0.29, 0.717) is 15.6 Å². The van der Waals surface area contributed by atoms with E-state index < -0.39 is 0 Å². The van der Waals surface area contributed by atoms with Crippen LogP contribution in [0.5, 0.6) is 0 Å². The van der Waals surface area contributed by atoms with Crippen LogP contribution in [-0.2, 0) is 0 Å². The number of hydrogen-bond donors (Lipinski definition) is 2. The Morgan fingerprint density at radius 3 is 2.61 bits per heavy atom. The number of aromatic nitrogens is 1. The minimum absolute atomic E-state index is 0.000150. The molecule has 2 rings (SSSR count). The van der Waals surface area contributed by atoms with E-state index >= 15 is 0 Å². The number of nitrogens with one attached hydrogen (secondary N) is 1. The number of halogens is 2. The Hall–Kier alpha value is -1.23. The summed E-state index contributed by atoms with van der Waals surface area (Å²) in [5, 5.41) is 9.30. The van der Waals surface area contributed by atoms with E-state index in [-0.39, 0.29) is 5.84 Å². The summed E-state index contributed by atoms with van der Waals surface area (Å²) in [4.78, 5) is 5.05. The fourth-order valence-corrected chi connectivity index (χ4v) is 2.56. The Bertz CT molecular complexity index is 584. The highest BCUT2D eigenvalue weighted by molar-refractivity contribution is 7.99. The van der Waals surface area contributed by atoms with E-state index in [4.69, 9.17) is 34.3 Å². The summed E-state index contributed by atoms with van der Waals surface area (Å²) in [6.45, 7) is 0. The van der Waals surface area contributed by atoms with Crippen molar-refractivity contribution in [2.75, 3.05) is 0 Å². The van der Waals surface area contributed by atoms with Crippen LogP contribution in [0.3, 0.4) is 0 Å². The zero-order chi connectivity index (χ0) is 13.1. The smallest absolute Gasteiger partial charge is 0.124 e. The molecule has 0 saturated carbocycles. The van der Waals surface area contributed by atoms with Gasteiger partial charge in [0, 0.05) is 21.7 Å². The molecule has 0 aliphatic rings. The Morgan fingerprint density at radius 1 is 1.22 bits per heavy atom. The van der Waals surface area contributed by atoms with E-state index in [0.717, 1.165) is 9.92 Å². The van der Waals surface area contributed by atoms with Gasteiger partial charge in [0.05, 0.1) is 5.02 Å². The van der Waals surface area contributed by atoms with Gasteiger partial charge < -0.3 is 5.73 Å². The topological polar surface area (TPSA) is 62.8 Å². The Labute approximate surface area is 119 Å². The average Bonchev–Trinajstić information content (AvgIpc) is 2.34. The highest BCUT2D eigenvalue weighted by Crippen LogP contribution is 2.33. The Kier molecular flexibility index (Phi) is 4.11. The van der Waals surface area contributed by atoms with E-state index in [2.05, 4.69) is 4.98 Å². The third kappa shape index (κ3) is 3.16. The van der Waals surface area contributed by atoms with Crippen molar-refractivity contribution >= 4 is 40.8 Å². The van der Waals surface area contributed by atoms with Crippen LogP contribution in [0.15, 0.2) is 46.5 Å². The lowest BCUT2D eigenvalue weighted by Crippen LogP contribution is -2.10. The van der Waals surface area contributed by atoms with Gasteiger partial charge in [-0.05, 0) is 30.3 Å². The maximum absolute atomic E-state index is 7.28. The van der Waals surface area contributed by atoms with Crippen molar-refractivity contribution < 1.29 is 0 Å². The summed E-state index contributed by atoms with van der Waals surface area (Å²) in [5.74, 6) is -0.000150. The average molecular weight is 298 g/mol. The second-order valence-electron chi connectivity index (χ2n) is 3.48. The number of amidine groups is 1. The number of nitrogens with two attached hydrogens (primary N) is 1. The van der Waals surface area contributed by atoms with Crippen molar-refractivity contribution in [3.05, 3.63) is 52.1 Å². The highest BCUT2D eigenvalue weighted by atomic mass is 35.5. The molecule has 0 amide bonds. The molecule has 0 spiro atoms. The molecule has 3 N–H and O–H groups in total. The third-order valence-electron chi connectivity index (χ3n) is 2.16. The first-order valence-electron chi connectivity index (χ1n) is 4.99. The number of nitrogens with zero attached hydrogens (tertiary/aromatic N) is 1. The second kappa shape index (κ2) is 5.61. The van der Waals surface area contributed by atoms with Gasteiger partial charge in [0.1, 0.15) is 10.9 Å². The summed E-state index contributed by atoms with van der Waals surface area (Å²) in [5.41, 5.74) is 5.95. The molecule has 0 atom stereocenters. The van der Waals surface area contributed by atoms with Gasteiger partial charge in [0.2, 0.25) is 0 Å². The predicted molar refractivity (Wildman–Crippen MR) is 75.8 cm³/mol. The zero-order valence-corrected chi connectivity index (χ0v) is 11.5. The molecule has 2 aromatic rings. The lowest BCUT2D eigenvalue weighted by Gasteiger charge is -2.04. The summed E-state index contributed by atoms with van der Waals surface area (Å²) in [7, 11) is 0. The molecule has 0 aliphatic carbocycles. The monoisotopic (exact) mass is 297 g/mol. The van der Waals surface area contributed by atoms with Gasteiger partial charge in [-0.2, -0.15) is 0 Å². The van der Waals surface area contributed by atoms with Crippen LogP contribution in [-0.4, -0.2) is 10.8 Å². The minimum Gasteiger partial charge on any atom is -0.384 e. The van der Waals surface area contributed by atoms with E-state index in [1.54, 1.807) is 36.5 Å². The van der Waals surface area contributed by atoms with Gasteiger partial charge in [0.25, 0.3) is 0 Å². The standard InChI is InChI=1S/C12H9Cl2N3S/c13-8-2-3-9(14)10(5-8)18-11-4-1-7(6-17-11)12(15)16/h1-6H,(H3,15,16). The molecule has 1 heterocycles. The third-order valence-corrected chi connectivity index (χ3v) is 3.84. The summed E-state index contributed by atoms with van der Waals surface area (Å²) in [6, 6.07) is 8.81. The van der Waals surface area contributed by atoms with Gasteiger partial charge in [-0.25, -0.2) is 4.98 Å². The van der Waals surface area contributed by atoms with E-state index in [9.17, 15) is 0 Å². The number of benzene rings is 1. The Balaban J connectivity index is 2.23. The van der Waals surface area contributed by atoms with Gasteiger partial charge in [-0.3, -0.25) is 5.41 Å². The normalized spacial score (nSPS) is 10.3. The van der Waals surface area contributed by atoms with Crippen LogP contribution in [0.1, 0.15) is 5.56 Å². The van der Waals surface area contributed by atoms with Crippen LogP contribution in [0.2, 0.25) is 10.0 Å². The molecule has 0 fully saturated rings. The van der Waals surface area contributed by atoms with Crippen molar-refractivity contribution in [1.29, 1.82) is 5.41 Å². The zero-order valence-electron chi connectivity index (χ0n) is 9.15. The molecular weight excluding hydrogens is 289 g/mol. The maximum atomic E-state index is 7.28. The van der Waals surface area contributed by atoms with Crippen molar-refractivity contribution in [3.8, 4) is 0 Å². The van der Waals surface area contributed by atoms with Gasteiger partial charge in [-0.15, -0.1) is 0 Å². The molecule has 92 valence electrons. The summed E-state index contributed by atoms with van der Waals surface area (Å²) < 4.78 is 0. The number of nitrogen functional groups attached to an aromatic ring is 1. The number of hydrogen-bond acceptors (Lipinski definition) is 3. The van der Waals surface area contributed by atoms with Crippen LogP contribution >= 0.6 is 35.0 Å². The largest absolute Gasteiger partial charge is 0.384 e. The molecule has 1 aromatic carbocycles. The summed E-state index contributed by atoms with van der Waals surface area (Å²) in [6.07, 6.45) is 1.56. The minimum atomic E-state index is -0.000150. The lowest BCUT2D eigenvalue weighted by atomic mass is 10.3. The molecule has 18 heavy (non-hydrogen) atoms. The SMILES string of the molecule is N=C(N)c1ccc(Sc2cc(Cl)ccc2Cl)nc1. The summed E-state index contributed by atoms with van der Waals surface area (Å²) >= 11 is 13.4. The molecule has 0 saturated heterocycles. The fourth-order valence-electron chi connectivity index (χ4n) is 1.27. The molecule has 0 radical (unpaired) electrons. The molecule has 0 bridgehead atoms. The van der Waals surface area contributed by atoms with Crippen LogP contribution in [0.4, 0.5) is 0 Å². The molecular formula is C12H9Cl2N3S. The van der Waals surface area contributed by atoms with E-state index in [1.165, 1.54) is 11.8 Å². The van der Waals surface area contributed by atoms with Crippen molar-refractivity contribution in [1.82, 2.24) is 4.98 Å². The van der Waals surface area contributed by atoms with E-state index in [1.807, 2.05) is 0 Å². The van der Waals surface area contributed by atoms with Crippen molar-refractivity contribution in [2.24, 2.45) is 5.73 Å². The van der Waals surface area contributed by atoms with Crippen LogP contribution in [0.25, 0.3) is 0 Å². The van der Waals surface area contributed by atoms with Gasteiger partial charge in [0.15, 0.2) is 0 Å². The van der Waals surface area contributed by atoms with Crippen molar-refractivity contribution in [2.45, 2.75) is 9.92 Å². The van der Waals surface area contributed by atoms with Crippen LogP contribution < -0.4 is 5.73 Å². The van der Waals surface area contributed by atoms with Crippen molar-refractivity contribution in [3.63, 3.8) is 0 Å². The molecule has 3 nitrogen and oxygen atoms in total. The first-order valence-corrected chi connectivity index (χ1v) is 6.57. The maximum Gasteiger partial charge on any atom is 0.124 e. The van der Waals surface area contributed by atoms with Gasteiger partial charge >= 0.3 is 0 Å². The highest BCUT2D eigenvalue weighted by Gasteiger charge is 2.05.